The minimum Gasteiger partial charge on any atom is -0.545 e. The fourth-order valence-corrected chi connectivity index (χ4v) is 3.43. The van der Waals surface area contributed by atoms with Gasteiger partial charge in [-0.2, -0.15) is 0 Å². The molecule has 3 aromatic rings. The molecule has 2 aromatic heterocycles. The van der Waals surface area contributed by atoms with Gasteiger partial charge in [-0.3, -0.25) is 9.36 Å². The van der Waals surface area contributed by atoms with Crippen LogP contribution in [-0.4, -0.2) is 21.5 Å². The zero-order chi connectivity index (χ0) is 17.4. The molecule has 0 radical (unpaired) electrons. The van der Waals surface area contributed by atoms with Gasteiger partial charge in [-0.1, -0.05) is 18.2 Å². The topological polar surface area (TPSA) is 115 Å². The molecule has 24 heavy (non-hydrogen) atoms. The summed E-state index contributed by atoms with van der Waals surface area (Å²) < 4.78 is 1.30. The van der Waals surface area contributed by atoms with Crippen LogP contribution >= 0.6 is 11.3 Å². The molecular formula is C16H10N2O5S-2. The number of aromatic nitrogens is 2. The van der Waals surface area contributed by atoms with Gasteiger partial charge in [0.05, 0.1) is 35.1 Å². The molecule has 0 aliphatic rings. The van der Waals surface area contributed by atoms with Gasteiger partial charge in [0.2, 0.25) is 0 Å². The van der Waals surface area contributed by atoms with E-state index >= 15 is 0 Å². The third-order valence-electron chi connectivity index (χ3n) is 3.62. The standard InChI is InChI=1S/C16H12N2O5S/c1-8-11-13(24-12(8)16(22)23)17-7-18(14(11)19)6-9-3-2-4-10(5-9)15(20)21/h2-5,7H,6H2,1H3,(H,20,21)(H,22,23)/p-2. The molecule has 2 heterocycles. The van der Waals surface area contributed by atoms with Crippen LogP contribution in [0.15, 0.2) is 35.4 Å². The summed E-state index contributed by atoms with van der Waals surface area (Å²) in [6, 6.07) is 6.05. The summed E-state index contributed by atoms with van der Waals surface area (Å²) in [6.45, 7) is 1.65. The molecule has 0 N–H and O–H groups in total. The zero-order valence-corrected chi connectivity index (χ0v) is 13.3. The Balaban J connectivity index is 2.08. The zero-order valence-electron chi connectivity index (χ0n) is 12.4. The number of thiophene rings is 1. The number of nitrogens with zero attached hydrogens (tertiary/aromatic N) is 2. The van der Waals surface area contributed by atoms with Gasteiger partial charge in [-0.25, -0.2) is 4.98 Å². The largest absolute Gasteiger partial charge is 0.545 e. The number of benzene rings is 1. The Hall–Kier alpha value is -3.00. The van der Waals surface area contributed by atoms with Crippen molar-refractivity contribution in [3.05, 3.63) is 62.5 Å². The number of aryl methyl sites for hydroxylation is 1. The first-order chi connectivity index (χ1) is 11.4. The van der Waals surface area contributed by atoms with Gasteiger partial charge in [-0.15, -0.1) is 11.3 Å². The first-order valence-electron chi connectivity index (χ1n) is 6.88. The third kappa shape index (κ3) is 2.67. The molecule has 0 unspecified atom stereocenters. The van der Waals surface area contributed by atoms with Gasteiger partial charge in [0.1, 0.15) is 4.83 Å². The number of aromatic carboxylic acids is 2. The quantitative estimate of drug-likeness (QED) is 0.634. The molecule has 8 heteroatoms. The van der Waals surface area contributed by atoms with Gasteiger partial charge < -0.3 is 19.8 Å². The van der Waals surface area contributed by atoms with Crippen LogP contribution in [0.3, 0.4) is 0 Å². The van der Waals surface area contributed by atoms with Crippen molar-refractivity contribution in [3.8, 4) is 0 Å². The van der Waals surface area contributed by atoms with Crippen LogP contribution in [0.1, 0.15) is 31.2 Å². The number of carbonyl (C=O) groups is 2. The lowest BCUT2D eigenvalue weighted by Gasteiger charge is -2.08. The number of carboxylic acids is 2. The van der Waals surface area contributed by atoms with Crippen molar-refractivity contribution >= 4 is 33.5 Å². The lowest BCUT2D eigenvalue weighted by molar-refractivity contribution is -0.255. The summed E-state index contributed by atoms with van der Waals surface area (Å²) in [5.41, 5.74) is 0.541. The Morgan fingerprint density at radius 3 is 2.67 bits per heavy atom. The van der Waals surface area contributed by atoms with E-state index in [0.717, 1.165) is 11.3 Å². The Morgan fingerprint density at radius 1 is 1.25 bits per heavy atom. The Kier molecular flexibility index (Phi) is 3.90. The van der Waals surface area contributed by atoms with Crippen LogP contribution in [0, 0.1) is 6.92 Å². The fourth-order valence-electron chi connectivity index (χ4n) is 2.46. The lowest BCUT2D eigenvalue weighted by atomic mass is 10.1. The smallest absolute Gasteiger partial charge is 0.262 e. The van der Waals surface area contributed by atoms with E-state index < -0.39 is 11.9 Å². The van der Waals surface area contributed by atoms with Crippen molar-refractivity contribution < 1.29 is 19.8 Å². The highest BCUT2D eigenvalue weighted by Gasteiger charge is 2.15. The molecule has 0 aliphatic carbocycles. The van der Waals surface area contributed by atoms with Crippen LogP contribution in [0.4, 0.5) is 0 Å². The second kappa shape index (κ2) is 5.89. The summed E-state index contributed by atoms with van der Waals surface area (Å²) in [4.78, 5) is 39.0. The van der Waals surface area contributed by atoms with E-state index in [1.165, 1.54) is 30.0 Å². The molecule has 0 aliphatic heterocycles. The summed E-state index contributed by atoms with van der Waals surface area (Å²) in [6.07, 6.45) is 1.31. The number of carboxylic acid groups (broad SMARTS) is 2. The lowest BCUT2D eigenvalue weighted by Crippen LogP contribution is -2.24. The summed E-state index contributed by atoms with van der Waals surface area (Å²) >= 11 is 0.895. The molecular weight excluding hydrogens is 332 g/mol. The van der Waals surface area contributed by atoms with E-state index in [1.54, 1.807) is 12.1 Å². The van der Waals surface area contributed by atoms with E-state index in [2.05, 4.69) is 4.98 Å². The Morgan fingerprint density at radius 2 is 2.00 bits per heavy atom. The number of rotatable bonds is 4. The van der Waals surface area contributed by atoms with Gasteiger partial charge in [-0.05, 0) is 29.7 Å². The molecule has 0 saturated carbocycles. The van der Waals surface area contributed by atoms with Crippen molar-refractivity contribution in [2.75, 3.05) is 0 Å². The maximum absolute atomic E-state index is 12.6. The van der Waals surface area contributed by atoms with E-state index in [0.29, 0.717) is 16.0 Å². The predicted octanol–water partition coefficient (Wildman–Crippen LogP) is -0.458. The highest BCUT2D eigenvalue weighted by atomic mass is 32.1. The maximum atomic E-state index is 12.6. The Labute approximate surface area is 139 Å². The molecule has 7 nitrogen and oxygen atoms in total. The minimum atomic E-state index is -1.34. The van der Waals surface area contributed by atoms with E-state index in [9.17, 15) is 24.6 Å². The molecule has 0 fully saturated rings. The number of hydrogen-bond acceptors (Lipinski definition) is 7. The molecule has 122 valence electrons. The van der Waals surface area contributed by atoms with E-state index in [4.69, 9.17) is 0 Å². The van der Waals surface area contributed by atoms with Crippen LogP contribution in [-0.2, 0) is 6.54 Å². The first-order valence-corrected chi connectivity index (χ1v) is 7.70. The van der Waals surface area contributed by atoms with Crippen LogP contribution < -0.4 is 15.8 Å². The van der Waals surface area contributed by atoms with Crippen LogP contribution in [0.2, 0.25) is 0 Å². The molecule has 0 spiro atoms. The average Bonchev–Trinajstić information content (AvgIpc) is 2.88. The average molecular weight is 342 g/mol. The number of hydrogen-bond donors (Lipinski definition) is 0. The molecule has 0 atom stereocenters. The van der Waals surface area contributed by atoms with Crippen molar-refractivity contribution in [2.45, 2.75) is 13.5 Å². The fraction of sp³-hybridized carbons (Fsp3) is 0.125. The van der Waals surface area contributed by atoms with Crippen molar-refractivity contribution in [3.63, 3.8) is 0 Å². The van der Waals surface area contributed by atoms with Crippen molar-refractivity contribution in [1.29, 1.82) is 0 Å². The maximum Gasteiger partial charge on any atom is 0.262 e. The monoisotopic (exact) mass is 342 g/mol. The van der Waals surface area contributed by atoms with Crippen LogP contribution in [0.25, 0.3) is 10.2 Å². The number of fused-ring (bicyclic) bond motifs is 1. The van der Waals surface area contributed by atoms with Crippen molar-refractivity contribution in [1.82, 2.24) is 9.55 Å². The van der Waals surface area contributed by atoms with E-state index in [1.807, 2.05) is 0 Å². The molecule has 1 aromatic carbocycles. The second-order valence-electron chi connectivity index (χ2n) is 5.19. The van der Waals surface area contributed by atoms with E-state index in [-0.39, 0.29) is 27.9 Å². The van der Waals surface area contributed by atoms with Gasteiger partial charge in [0.15, 0.2) is 0 Å². The summed E-state index contributed by atoms with van der Waals surface area (Å²) in [7, 11) is 0. The predicted molar refractivity (Wildman–Crippen MR) is 82.8 cm³/mol. The number of carbonyl (C=O) groups excluding carboxylic acids is 2. The Bertz CT molecular complexity index is 1030. The third-order valence-corrected chi connectivity index (χ3v) is 4.80. The normalized spacial score (nSPS) is 10.9. The highest BCUT2D eigenvalue weighted by molar-refractivity contribution is 7.20. The molecule has 3 rings (SSSR count). The molecule has 0 amide bonds. The van der Waals surface area contributed by atoms with Crippen LogP contribution in [0.5, 0.6) is 0 Å². The SMILES string of the molecule is Cc1c(C(=O)[O-])sc2ncn(Cc3cccc(C(=O)[O-])c3)c(=O)c12. The van der Waals surface area contributed by atoms with Crippen molar-refractivity contribution in [2.24, 2.45) is 0 Å². The van der Waals surface area contributed by atoms with Gasteiger partial charge in [0.25, 0.3) is 5.56 Å². The molecule has 0 bridgehead atoms. The minimum absolute atomic E-state index is 0.0144. The highest BCUT2D eigenvalue weighted by Crippen LogP contribution is 2.26. The first kappa shape index (κ1) is 15.9. The summed E-state index contributed by atoms with van der Waals surface area (Å²) in [5, 5.41) is 22.2. The summed E-state index contributed by atoms with van der Waals surface area (Å²) in [5.74, 6) is -2.65. The van der Waals surface area contributed by atoms with Gasteiger partial charge in [0, 0.05) is 0 Å². The van der Waals surface area contributed by atoms with Gasteiger partial charge >= 0.3 is 0 Å². The second-order valence-corrected chi connectivity index (χ2v) is 6.19. The molecule has 0 saturated heterocycles.